The van der Waals surface area contributed by atoms with Crippen molar-refractivity contribution in [1.82, 2.24) is 0 Å². The Morgan fingerprint density at radius 2 is 1.03 bits per heavy atom. The van der Waals surface area contributed by atoms with Crippen LogP contribution in [0.5, 0.6) is 17.2 Å². The second-order valence-corrected chi connectivity index (χ2v) is 9.56. The van der Waals surface area contributed by atoms with E-state index in [9.17, 15) is 4.57 Å². The fourth-order valence-corrected chi connectivity index (χ4v) is 5.03. The third-order valence-electron chi connectivity index (χ3n) is 5.26. The van der Waals surface area contributed by atoms with Gasteiger partial charge in [0, 0.05) is 5.56 Å². The van der Waals surface area contributed by atoms with Crippen LogP contribution in [-0.4, -0.2) is 0 Å². The molecule has 0 aliphatic rings. The lowest BCUT2D eigenvalue weighted by Crippen LogP contribution is -2.09. The molecule has 0 N–H and O–H groups in total. The second kappa shape index (κ2) is 9.56. The Hall–Kier alpha value is -3.49. The molecule has 4 rings (SSSR count). The van der Waals surface area contributed by atoms with Crippen LogP contribution in [0, 0.1) is 27.7 Å². The summed E-state index contributed by atoms with van der Waals surface area (Å²) in [6.45, 7) is 7.80. The monoisotopic (exact) mass is 458 g/mol. The summed E-state index contributed by atoms with van der Waals surface area (Å²) in [6.07, 6.45) is 0. The zero-order valence-corrected chi connectivity index (χ0v) is 20.1. The molecule has 168 valence electrons. The Kier molecular flexibility index (Phi) is 6.57. The molecule has 0 saturated heterocycles. The van der Waals surface area contributed by atoms with Gasteiger partial charge in [0.15, 0.2) is 0 Å². The predicted molar refractivity (Wildman–Crippen MR) is 133 cm³/mol. The molecule has 0 fully saturated rings. The molecule has 5 heteroatoms. The van der Waals surface area contributed by atoms with Crippen LogP contribution in [0.2, 0.25) is 0 Å². The summed E-state index contributed by atoms with van der Waals surface area (Å²) in [6, 6.07) is 28.5. The van der Waals surface area contributed by atoms with Gasteiger partial charge in [-0.05, 0) is 62.6 Å². The fourth-order valence-electron chi connectivity index (χ4n) is 3.62. The normalized spacial score (nSPS) is 11.2. The lowest BCUT2D eigenvalue weighted by molar-refractivity contribution is 0.297. The SMILES string of the molecule is Cc1ccc(OP(=O)(Oc2ccc(C)cc2C)Oc2ccccc2-c2ccccc2)c(C)c1. The third kappa shape index (κ3) is 5.47. The van der Waals surface area contributed by atoms with Gasteiger partial charge < -0.3 is 13.6 Å². The minimum absolute atomic E-state index is 0.418. The topological polar surface area (TPSA) is 44.8 Å². The molecular weight excluding hydrogens is 431 g/mol. The van der Waals surface area contributed by atoms with Gasteiger partial charge in [-0.25, -0.2) is 0 Å². The molecule has 0 saturated carbocycles. The van der Waals surface area contributed by atoms with Crippen molar-refractivity contribution >= 4 is 7.82 Å². The first-order valence-corrected chi connectivity index (χ1v) is 12.3. The molecule has 4 aromatic rings. The number of hydrogen-bond acceptors (Lipinski definition) is 4. The van der Waals surface area contributed by atoms with Crippen molar-refractivity contribution in [1.29, 1.82) is 0 Å². The average Bonchev–Trinajstić information content (AvgIpc) is 2.79. The summed E-state index contributed by atoms with van der Waals surface area (Å²) < 4.78 is 32.2. The zero-order valence-electron chi connectivity index (χ0n) is 19.2. The Morgan fingerprint density at radius 1 is 0.545 bits per heavy atom. The van der Waals surface area contributed by atoms with E-state index in [0.29, 0.717) is 17.2 Å². The number of phosphoric acid groups is 1. The molecule has 0 aliphatic carbocycles. The van der Waals surface area contributed by atoms with E-state index >= 15 is 0 Å². The largest absolute Gasteiger partial charge is 0.647 e. The lowest BCUT2D eigenvalue weighted by Gasteiger charge is -2.22. The van der Waals surface area contributed by atoms with E-state index in [1.807, 2.05) is 100 Å². The molecule has 0 spiro atoms. The van der Waals surface area contributed by atoms with Gasteiger partial charge in [-0.3, -0.25) is 0 Å². The van der Waals surface area contributed by atoms with Gasteiger partial charge in [-0.2, -0.15) is 4.57 Å². The third-order valence-corrected chi connectivity index (χ3v) is 6.52. The van der Waals surface area contributed by atoms with Crippen molar-refractivity contribution < 1.29 is 18.1 Å². The molecule has 0 aliphatic heterocycles. The van der Waals surface area contributed by atoms with Crippen LogP contribution in [0.3, 0.4) is 0 Å². The maximum absolute atomic E-state index is 14.1. The Bertz CT molecular complexity index is 1260. The van der Waals surface area contributed by atoms with Crippen molar-refractivity contribution in [2.75, 3.05) is 0 Å². The molecule has 0 aromatic heterocycles. The summed E-state index contributed by atoms with van der Waals surface area (Å²) in [5.41, 5.74) is 5.60. The standard InChI is InChI=1S/C28H27O4P/c1-20-14-16-26(22(3)18-20)30-33(29,31-27-17-15-21(2)19-23(27)4)32-28-13-9-8-12-25(28)24-10-6-5-7-11-24/h5-19H,1-4H3. The van der Waals surface area contributed by atoms with E-state index in [1.165, 1.54) is 0 Å². The van der Waals surface area contributed by atoms with E-state index in [4.69, 9.17) is 13.6 Å². The molecule has 0 bridgehead atoms. The van der Waals surface area contributed by atoms with Gasteiger partial charge in [0.25, 0.3) is 0 Å². The molecule has 4 aromatic carbocycles. The first-order chi connectivity index (χ1) is 15.8. The summed E-state index contributed by atoms with van der Waals surface area (Å²) in [5.74, 6) is 1.32. The zero-order chi connectivity index (χ0) is 23.4. The minimum Gasteiger partial charge on any atom is -0.386 e. The molecule has 0 atom stereocenters. The fraction of sp³-hybridized carbons (Fsp3) is 0.143. The molecule has 0 radical (unpaired) electrons. The van der Waals surface area contributed by atoms with Crippen molar-refractivity contribution in [3.63, 3.8) is 0 Å². The predicted octanol–water partition coefficient (Wildman–Crippen LogP) is 8.23. The van der Waals surface area contributed by atoms with Crippen LogP contribution >= 0.6 is 7.82 Å². The van der Waals surface area contributed by atoms with Crippen LogP contribution in [-0.2, 0) is 4.57 Å². The summed E-state index contributed by atoms with van der Waals surface area (Å²) in [4.78, 5) is 0. The van der Waals surface area contributed by atoms with Gasteiger partial charge in [0.05, 0.1) is 0 Å². The molecule has 0 unspecified atom stereocenters. The lowest BCUT2D eigenvalue weighted by atomic mass is 10.1. The minimum atomic E-state index is -4.12. The first kappa shape index (κ1) is 22.7. The molecule has 33 heavy (non-hydrogen) atoms. The highest BCUT2D eigenvalue weighted by atomic mass is 31.2. The number of para-hydroxylation sites is 1. The van der Waals surface area contributed by atoms with Crippen LogP contribution in [0.25, 0.3) is 11.1 Å². The number of hydrogen-bond donors (Lipinski definition) is 0. The highest BCUT2D eigenvalue weighted by Crippen LogP contribution is 2.52. The number of rotatable bonds is 7. The molecule has 0 heterocycles. The van der Waals surface area contributed by atoms with E-state index in [0.717, 1.165) is 33.4 Å². The summed E-state index contributed by atoms with van der Waals surface area (Å²) in [5, 5.41) is 0. The van der Waals surface area contributed by atoms with Crippen molar-refractivity contribution in [3.05, 3.63) is 113 Å². The number of aryl methyl sites for hydroxylation is 4. The van der Waals surface area contributed by atoms with Crippen molar-refractivity contribution in [2.24, 2.45) is 0 Å². The van der Waals surface area contributed by atoms with Crippen LogP contribution in [0.4, 0.5) is 0 Å². The van der Waals surface area contributed by atoms with Gasteiger partial charge >= 0.3 is 7.82 Å². The first-order valence-electron chi connectivity index (χ1n) is 10.8. The van der Waals surface area contributed by atoms with Crippen molar-refractivity contribution in [2.45, 2.75) is 27.7 Å². The smallest absolute Gasteiger partial charge is 0.386 e. The van der Waals surface area contributed by atoms with E-state index < -0.39 is 7.82 Å². The maximum atomic E-state index is 14.1. The second-order valence-electron chi connectivity index (χ2n) is 8.12. The van der Waals surface area contributed by atoms with Gasteiger partial charge in [0.1, 0.15) is 17.2 Å². The maximum Gasteiger partial charge on any atom is 0.647 e. The molecular formula is C28H27O4P. The Balaban J connectivity index is 1.75. The quantitative estimate of drug-likeness (QED) is 0.262. The average molecular weight is 458 g/mol. The Labute approximate surface area is 195 Å². The number of benzene rings is 4. The van der Waals surface area contributed by atoms with E-state index in [2.05, 4.69) is 0 Å². The Morgan fingerprint density at radius 3 is 1.58 bits per heavy atom. The van der Waals surface area contributed by atoms with Crippen LogP contribution in [0.1, 0.15) is 22.3 Å². The highest BCUT2D eigenvalue weighted by Gasteiger charge is 2.35. The highest BCUT2D eigenvalue weighted by molar-refractivity contribution is 7.49. The van der Waals surface area contributed by atoms with Gasteiger partial charge in [-0.1, -0.05) is 83.9 Å². The van der Waals surface area contributed by atoms with Gasteiger partial charge in [-0.15, -0.1) is 0 Å². The molecule has 0 amide bonds. The van der Waals surface area contributed by atoms with E-state index in [1.54, 1.807) is 18.2 Å². The summed E-state index contributed by atoms with van der Waals surface area (Å²) in [7, 11) is -4.12. The van der Waals surface area contributed by atoms with Crippen LogP contribution < -0.4 is 13.6 Å². The van der Waals surface area contributed by atoms with Gasteiger partial charge in [0.2, 0.25) is 0 Å². The van der Waals surface area contributed by atoms with Crippen LogP contribution in [0.15, 0.2) is 91.0 Å². The van der Waals surface area contributed by atoms with Crippen molar-refractivity contribution in [3.8, 4) is 28.4 Å². The van der Waals surface area contributed by atoms with E-state index in [-0.39, 0.29) is 0 Å². The molecule has 4 nitrogen and oxygen atoms in total. The summed E-state index contributed by atoms with van der Waals surface area (Å²) >= 11 is 0. The number of phosphoric ester groups is 1.